The van der Waals surface area contributed by atoms with Crippen LogP contribution in [0.1, 0.15) is 12.0 Å². The van der Waals surface area contributed by atoms with E-state index >= 15 is 0 Å². The second-order valence-electron chi connectivity index (χ2n) is 4.36. The van der Waals surface area contributed by atoms with Gasteiger partial charge in [-0.3, -0.25) is 0 Å². The Morgan fingerprint density at radius 3 is 2.68 bits per heavy atom. The van der Waals surface area contributed by atoms with Crippen LogP contribution in [0.15, 0.2) is 36.3 Å². The van der Waals surface area contributed by atoms with Gasteiger partial charge in [-0.25, -0.2) is 13.8 Å². The molecule has 0 aromatic carbocycles. The molecule has 0 spiro atoms. The molecular weight excluding hydrogens is 272 g/mol. The van der Waals surface area contributed by atoms with Gasteiger partial charge in [0, 0.05) is 38.7 Å². The number of hydrogen-bond acceptors (Lipinski definition) is 3. The predicted molar refractivity (Wildman–Crippen MR) is 72.5 cm³/mol. The normalized spacial score (nSPS) is 14.8. The third-order valence-electron chi connectivity index (χ3n) is 2.81. The summed E-state index contributed by atoms with van der Waals surface area (Å²) in [5.41, 5.74) is 0.877. The fraction of sp³-hybridized carbons (Fsp3) is 0.308. The van der Waals surface area contributed by atoms with Gasteiger partial charge < -0.3 is 9.80 Å². The largest absolute Gasteiger partial charge is 0.378 e. The summed E-state index contributed by atoms with van der Waals surface area (Å²) in [4.78, 5) is 7.64. The first-order chi connectivity index (χ1) is 8.99. The van der Waals surface area contributed by atoms with E-state index < -0.39 is 6.43 Å². The minimum Gasteiger partial charge on any atom is -0.378 e. The molecule has 0 radical (unpaired) electrons. The number of rotatable bonds is 3. The summed E-state index contributed by atoms with van der Waals surface area (Å²) in [7, 11) is 3.86. The summed E-state index contributed by atoms with van der Waals surface area (Å²) in [5, 5.41) is 0.213. The molecule has 102 valence electrons. The molecule has 0 atom stereocenters. The van der Waals surface area contributed by atoms with Gasteiger partial charge >= 0.3 is 0 Å². The summed E-state index contributed by atoms with van der Waals surface area (Å²) < 4.78 is 26.0. The predicted octanol–water partition coefficient (Wildman–Crippen LogP) is 3.45. The highest BCUT2D eigenvalue weighted by Gasteiger charge is 2.19. The van der Waals surface area contributed by atoms with E-state index in [1.807, 2.05) is 31.1 Å². The van der Waals surface area contributed by atoms with E-state index in [0.717, 1.165) is 5.70 Å². The lowest BCUT2D eigenvalue weighted by atomic mass is 10.2. The van der Waals surface area contributed by atoms with E-state index in [9.17, 15) is 8.78 Å². The van der Waals surface area contributed by atoms with E-state index in [1.54, 1.807) is 11.1 Å². The molecule has 1 aromatic heterocycles. The average molecular weight is 286 g/mol. The molecule has 6 heteroatoms. The summed E-state index contributed by atoms with van der Waals surface area (Å²) in [6, 6.07) is 1.26. The van der Waals surface area contributed by atoms with Crippen molar-refractivity contribution in [1.82, 2.24) is 9.88 Å². The van der Waals surface area contributed by atoms with Crippen LogP contribution in [0.25, 0.3) is 0 Å². The molecule has 2 heterocycles. The Labute approximate surface area is 115 Å². The molecule has 0 aliphatic carbocycles. The first kappa shape index (κ1) is 13.8. The maximum absolute atomic E-state index is 13.0. The van der Waals surface area contributed by atoms with Gasteiger partial charge in [-0.2, -0.15) is 0 Å². The highest BCUT2D eigenvalue weighted by atomic mass is 35.5. The number of aromatic nitrogens is 1. The first-order valence-electron chi connectivity index (χ1n) is 5.75. The third-order valence-corrected chi connectivity index (χ3v) is 3.01. The van der Waals surface area contributed by atoms with E-state index in [0.29, 0.717) is 6.54 Å². The highest BCUT2D eigenvalue weighted by Crippen LogP contribution is 2.31. The van der Waals surface area contributed by atoms with Crippen LogP contribution < -0.4 is 4.90 Å². The second-order valence-corrected chi connectivity index (χ2v) is 4.80. The van der Waals surface area contributed by atoms with Gasteiger partial charge in [0.1, 0.15) is 5.82 Å². The van der Waals surface area contributed by atoms with Crippen LogP contribution in [-0.4, -0.2) is 30.5 Å². The number of halogens is 3. The van der Waals surface area contributed by atoms with Gasteiger partial charge in [0.15, 0.2) is 0 Å². The topological polar surface area (TPSA) is 19.4 Å². The summed E-state index contributed by atoms with van der Waals surface area (Å²) in [6.07, 6.45) is 4.33. The zero-order valence-electron chi connectivity index (χ0n) is 10.6. The van der Waals surface area contributed by atoms with Crippen LogP contribution in [0.4, 0.5) is 14.6 Å². The number of hydrogen-bond donors (Lipinski definition) is 0. The first-order valence-corrected chi connectivity index (χ1v) is 6.12. The van der Waals surface area contributed by atoms with Crippen LogP contribution in [0.2, 0.25) is 5.02 Å². The smallest absolute Gasteiger partial charge is 0.267 e. The van der Waals surface area contributed by atoms with Crippen LogP contribution in [0, 0.1) is 0 Å². The molecule has 0 bridgehead atoms. The van der Waals surface area contributed by atoms with Gasteiger partial charge in [0.2, 0.25) is 0 Å². The monoisotopic (exact) mass is 285 g/mol. The van der Waals surface area contributed by atoms with Crippen molar-refractivity contribution < 1.29 is 8.78 Å². The SMILES string of the molecule is CN(C)C1=CCN(c2ncc(Cl)cc2C(F)F)C=C1. The van der Waals surface area contributed by atoms with E-state index in [2.05, 4.69) is 4.98 Å². The van der Waals surface area contributed by atoms with Crippen LogP contribution in [-0.2, 0) is 0 Å². The minimum atomic E-state index is -2.60. The Bertz CT molecular complexity index is 527. The maximum atomic E-state index is 13.0. The Morgan fingerprint density at radius 1 is 1.42 bits per heavy atom. The minimum absolute atomic E-state index is 0.154. The van der Waals surface area contributed by atoms with E-state index in [-0.39, 0.29) is 16.4 Å². The van der Waals surface area contributed by atoms with Crippen molar-refractivity contribution in [3.63, 3.8) is 0 Å². The van der Waals surface area contributed by atoms with Gasteiger partial charge in [-0.05, 0) is 18.2 Å². The maximum Gasteiger partial charge on any atom is 0.267 e. The molecular formula is C13H14ClF2N3. The van der Waals surface area contributed by atoms with Crippen molar-refractivity contribution in [2.45, 2.75) is 6.43 Å². The van der Waals surface area contributed by atoms with Gasteiger partial charge in [0.25, 0.3) is 6.43 Å². The van der Waals surface area contributed by atoms with E-state index in [1.165, 1.54) is 12.3 Å². The Morgan fingerprint density at radius 2 is 2.16 bits per heavy atom. The van der Waals surface area contributed by atoms with Gasteiger partial charge in [-0.1, -0.05) is 11.6 Å². The number of likely N-dealkylation sites (N-methyl/N-ethyl adjacent to an activating group) is 1. The fourth-order valence-electron chi connectivity index (χ4n) is 1.82. The molecule has 19 heavy (non-hydrogen) atoms. The molecule has 0 N–H and O–H groups in total. The Kier molecular flexibility index (Phi) is 4.04. The number of allylic oxidation sites excluding steroid dienone is 1. The van der Waals surface area contributed by atoms with Crippen molar-refractivity contribution in [2.75, 3.05) is 25.5 Å². The second kappa shape index (κ2) is 5.57. The molecule has 0 saturated carbocycles. The number of anilines is 1. The standard InChI is InChI=1S/C13H14ClF2N3/c1-18(2)10-3-5-19(6-4-10)13-11(12(15)16)7-9(14)8-17-13/h3-5,7-8,12H,6H2,1-2H3. The number of pyridine rings is 1. The van der Waals surface area contributed by atoms with Crippen molar-refractivity contribution in [3.8, 4) is 0 Å². The number of nitrogens with zero attached hydrogens (tertiary/aromatic N) is 3. The fourth-order valence-corrected chi connectivity index (χ4v) is 1.99. The Balaban J connectivity index is 2.28. The van der Waals surface area contributed by atoms with Crippen molar-refractivity contribution in [3.05, 3.63) is 46.9 Å². The summed E-state index contributed by atoms with van der Waals surface area (Å²) >= 11 is 5.71. The Hall–Kier alpha value is -1.62. The van der Waals surface area contributed by atoms with E-state index in [4.69, 9.17) is 11.6 Å². The zero-order chi connectivity index (χ0) is 14.0. The molecule has 2 rings (SSSR count). The third kappa shape index (κ3) is 3.04. The molecule has 0 unspecified atom stereocenters. The van der Waals surface area contributed by atoms with Crippen LogP contribution in [0.3, 0.4) is 0 Å². The van der Waals surface area contributed by atoms with Crippen LogP contribution in [0.5, 0.6) is 0 Å². The zero-order valence-corrected chi connectivity index (χ0v) is 11.4. The quantitative estimate of drug-likeness (QED) is 0.848. The molecule has 1 aromatic rings. The molecule has 3 nitrogen and oxygen atoms in total. The van der Waals surface area contributed by atoms with Gasteiger partial charge in [0.05, 0.1) is 10.6 Å². The number of alkyl halides is 2. The average Bonchev–Trinajstić information content (AvgIpc) is 2.38. The summed E-state index contributed by atoms with van der Waals surface area (Å²) in [5.74, 6) is 0.240. The molecule has 1 aliphatic rings. The molecule has 0 amide bonds. The highest BCUT2D eigenvalue weighted by molar-refractivity contribution is 6.30. The lowest BCUT2D eigenvalue weighted by Gasteiger charge is -2.26. The van der Waals surface area contributed by atoms with Crippen molar-refractivity contribution in [1.29, 1.82) is 0 Å². The van der Waals surface area contributed by atoms with Gasteiger partial charge in [-0.15, -0.1) is 0 Å². The molecule has 0 saturated heterocycles. The lowest BCUT2D eigenvalue weighted by Crippen LogP contribution is -2.24. The van der Waals surface area contributed by atoms with Crippen molar-refractivity contribution >= 4 is 17.4 Å². The van der Waals surface area contributed by atoms with Crippen LogP contribution >= 0.6 is 11.6 Å². The van der Waals surface area contributed by atoms with Crippen molar-refractivity contribution in [2.24, 2.45) is 0 Å². The molecule has 0 fully saturated rings. The molecule has 1 aliphatic heterocycles. The lowest BCUT2D eigenvalue weighted by molar-refractivity contribution is 0.151. The summed E-state index contributed by atoms with van der Waals surface area (Å²) in [6.45, 7) is 0.498.